The van der Waals surface area contributed by atoms with E-state index in [9.17, 15) is 14.9 Å². The average Bonchev–Trinajstić information content (AvgIpc) is 2.61. The number of methoxy groups -OCH3 is 2. The van der Waals surface area contributed by atoms with Crippen LogP contribution in [0.15, 0.2) is 41.3 Å². The van der Waals surface area contributed by atoms with Crippen LogP contribution in [0.2, 0.25) is 0 Å². The van der Waals surface area contributed by atoms with E-state index in [1.54, 1.807) is 45.4 Å². The molecule has 0 heterocycles. The van der Waals surface area contributed by atoms with Crippen molar-refractivity contribution < 1.29 is 19.2 Å². The standard InChI is InChI=1S/C17H18N2O5S/c1-11-13(5-4-6-14(11)19(21)22)18-17(20)10-25-12-7-8-15(23-2)16(9-12)24-3/h4-9H,10H2,1-3H3,(H,18,20). The number of amides is 1. The molecule has 1 N–H and O–H groups in total. The number of nitrogens with zero attached hydrogens (tertiary/aromatic N) is 1. The Morgan fingerprint density at radius 2 is 1.92 bits per heavy atom. The number of carbonyl (C=O) groups is 1. The summed E-state index contributed by atoms with van der Waals surface area (Å²) in [7, 11) is 3.10. The van der Waals surface area contributed by atoms with Crippen LogP contribution in [0, 0.1) is 17.0 Å². The minimum Gasteiger partial charge on any atom is -0.493 e. The van der Waals surface area contributed by atoms with E-state index in [1.165, 1.54) is 17.8 Å². The number of nitro benzene ring substituents is 1. The minimum atomic E-state index is -0.469. The van der Waals surface area contributed by atoms with Crippen molar-refractivity contribution >= 4 is 29.0 Å². The molecule has 132 valence electrons. The second kappa shape index (κ2) is 8.39. The van der Waals surface area contributed by atoms with E-state index < -0.39 is 4.92 Å². The highest BCUT2D eigenvalue weighted by atomic mass is 32.2. The summed E-state index contributed by atoms with van der Waals surface area (Å²) in [5.74, 6) is 1.12. The molecule has 0 saturated heterocycles. The molecule has 0 aliphatic carbocycles. The fraction of sp³-hybridized carbons (Fsp3) is 0.235. The van der Waals surface area contributed by atoms with Crippen LogP contribution in [0.25, 0.3) is 0 Å². The van der Waals surface area contributed by atoms with Gasteiger partial charge in [-0.15, -0.1) is 11.8 Å². The average molecular weight is 362 g/mol. The maximum Gasteiger partial charge on any atom is 0.274 e. The van der Waals surface area contributed by atoms with Gasteiger partial charge in [0.15, 0.2) is 11.5 Å². The van der Waals surface area contributed by atoms with Gasteiger partial charge in [0.2, 0.25) is 5.91 Å². The van der Waals surface area contributed by atoms with Crippen LogP contribution >= 0.6 is 11.8 Å². The number of hydrogen-bond acceptors (Lipinski definition) is 6. The quantitative estimate of drug-likeness (QED) is 0.459. The Bertz CT molecular complexity index is 795. The summed E-state index contributed by atoms with van der Waals surface area (Å²) in [4.78, 5) is 23.5. The van der Waals surface area contributed by atoms with Crippen molar-refractivity contribution in [2.45, 2.75) is 11.8 Å². The predicted molar refractivity (Wildman–Crippen MR) is 96.7 cm³/mol. The zero-order valence-corrected chi connectivity index (χ0v) is 14.9. The maximum absolute atomic E-state index is 12.1. The summed E-state index contributed by atoms with van der Waals surface area (Å²) in [6.07, 6.45) is 0. The smallest absolute Gasteiger partial charge is 0.274 e. The molecule has 0 saturated carbocycles. The number of anilines is 1. The van der Waals surface area contributed by atoms with Crippen molar-refractivity contribution in [3.63, 3.8) is 0 Å². The molecule has 0 spiro atoms. The Hall–Kier alpha value is -2.74. The lowest BCUT2D eigenvalue weighted by atomic mass is 10.1. The summed E-state index contributed by atoms with van der Waals surface area (Å²) in [5, 5.41) is 13.7. The van der Waals surface area contributed by atoms with Crippen LogP contribution in [0.1, 0.15) is 5.56 Å². The Kier molecular flexibility index (Phi) is 6.24. The molecule has 2 rings (SSSR count). The highest BCUT2D eigenvalue weighted by molar-refractivity contribution is 8.00. The Balaban J connectivity index is 2.02. The zero-order valence-electron chi connectivity index (χ0n) is 14.1. The topological polar surface area (TPSA) is 90.7 Å². The van der Waals surface area contributed by atoms with Gasteiger partial charge in [-0.3, -0.25) is 14.9 Å². The fourth-order valence-electron chi connectivity index (χ4n) is 2.20. The number of hydrogen-bond donors (Lipinski definition) is 1. The molecule has 0 atom stereocenters. The van der Waals surface area contributed by atoms with E-state index in [0.717, 1.165) is 4.90 Å². The van der Waals surface area contributed by atoms with E-state index in [1.807, 2.05) is 6.07 Å². The van der Waals surface area contributed by atoms with Crippen LogP contribution in [0.4, 0.5) is 11.4 Å². The van der Waals surface area contributed by atoms with Gasteiger partial charge in [0, 0.05) is 11.0 Å². The second-order valence-corrected chi connectivity index (χ2v) is 6.11. The van der Waals surface area contributed by atoms with Crippen molar-refractivity contribution in [2.24, 2.45) is 0 Å². The fourth-order valence-corrected chi connectivity index (χ4v) is 2.92. The minimum absolute atomic E-state index is 0.0228. The molecule has 0 unspecified atom stereocenters. The molecule has 2 aromatic carbocycles. The van der Waals surface area contributed by atoms with E-state index in [-0.39, 0.29) is 17.3 Å². The monoisotopic (exact) mass is 362 g/mol. The van der Waals surface area contributed by atoms with Crippen molar-refractivity contribution in [1.29, 1.82) is 0 Å². The van der Waals surface area contributed by atoms with E-state index in [2.05, 4.69) is 5.32 Å². The third-order valence-electron chi connectivity index (χ3n) is 3.50. The predicted octanol–water partition coefficient (Wildman–Crippen LogP) is 3.65. The van der Waals surface area contributed by atoms with Gasteiger partial charge in [-0.25, -0.2) is 0 Å². The van der Waals surface area contributed by atoms with Crippen molar-refractivity contribution in [2.75, 3.05) is 25.3 Å². The molecule has 0 bridgehead atoms. The molecule has 0 aliphatic rings. The third kappa shape index (κ3) is 4.63. The normalized spacial score (nSPS) is 10.2. The second-order valence-electron chi connectivity index (χ2n) is 5.06. The molecule has 0 fully saturated rings. The maximum atomic E-state index is 12.1. The molecule has 2 aromatic rings. The van der Waals surface area contributed by atoms with Crippen LogP contribution in [0.3, 0.4) is 0 Å². The first-order valence-corrected chi connectivity index (χ1v) is 8.33. The number of thioether (sulfide) groups is 1. The summed E-state index contributed by atoms with van der Waals surface area (Å²) >= 11 is 1.33. The van der Waals surface area contributed by atoms with Crippen LogP contribution in [-0.2, 0) is 4.79 Å². The van der Waals surface area contributed by atoms with E-state index in [4.69, 9.17) is 9.47 Å². The Labute approximate surface area is 149 Å². The number of ether oxygens (including phenoxy) is 2. The van der Waals surface area contributed by atoms with Crippen molar-refractivity contribution in [3.8, 4) is 11.5 Å². The van der Waals surface area contributed by atoms with Crippen LogP contribution < -0.4 is 14.8 Å². The first-order valence-electron chi connectivity index (χ1n) is 7.35. The first-order chi connectivity index (χ1) is 12.0. The highest BCUT2D eigenvalue weighted by Gasteiger charge is 2.15. The summed E-state index contributed by atoms with van der Waals surface area (Å²) < 4.78 is 10.4. The molecule has 1 amide bonds. The third-order valence-corrected chi connectivity index (χ3v) is 4.49. The Morgan fingerprint density at radius 1 is 1.20 bits per heavy atom. The lowest BCUT2D eigenvalue weighted by Crippen LogP contribution is -2.15. The summed E-state index contributed by atoms with van der Waals surface area (Å²) in [6.45, 7) is 1.61. The van der Waals surface area contributed by atoms with Gasteiger partial charge in [0.25, 0.3) is 5.69 Å². The Morgan fingerprint density at radius 3 is 2.56 bits per heavy atom. The zero-order chi connectivity index (χ0) is 18.4. The number of nitro groups is 1. The molecule has 8 heteroatoms. The van der Waals surface area contributed by atoms with Gasteiger partial charge in [-0.1, -0.05) is 6.07 Å². The van der Waals surface area contributed by atoms with Crippen molar-refractivity contribution in [1.82, 2.24) is 0 Å². The lowest BCUT2D eigenvalue weighted by molar-refractivity contribution is -0.385. The van der Waals surface area contributed by atoms with Crippen molar-refractivity contribution in [3.05, 3.63) is 52.1 Å². The molecule has 7 nitrogen and oxygen atoms in total. The largest absolute Gasteiger partial charge is 0.493 e. The molecule has 0 aliphatic heterocycles. The summed E-state index contributed by atoms with van der Waals surface area (Å²) in [5.41, 5.74) is 0.842. The molecular formula is C17H18N2O5S. The van der Waals surface area contributed by atoms with Gasteiger partial charge in [0.1, 0.15) is 0 Å². The van der Waals surface area contributed by atoms with E-state index >= 15 is 0 Å². The number of nitrogens with one attached hydrogen (secondary N) is 1. The van der Waals surface area contributed by atoms with Gasteiger partial charge >= 0.3 is 0 Å². The molecule has 25 heavy (non-hydrogen) atoms. The molecule has 0 radical (unpaired) electrons. The lowest BCUT2D eigenvalue weighted by Gasteiger charge is -2.10. The van der Waals surface area contributed by atoms with Gasteiger partial charge in [-0.05, 0) is 31.2 Å². The highest BCUT2D eigenvalue weighted by Crippen LogP contribution is 2.32. The van der Waals surface area contributed by atoms with Gasteiger partial charge in [-0.2, -0.15) is 0 Å². The first kappa shape index (κ1) is 18.6. The SMILES string of the molecule is COc1ccc(SCC(=O)Nc2cccc([N+](=O)[O-])c2C)cc1OC. The number of rotatable bonds is 7. The molecule has 0 aromatic heterocycles. The van der Waals surface area contributed by atoms with Gasteiger partial charge < -0.3 is 14.8 Å². The van der Waals surface area contributed by atoms with Crippen LogP contribution in [0.5, 0.6) is 11.5 Å². The van der Waals surface area contributed by atoms with Gasteiger partial charge in [0.05, 0.1) is 36.1 Å². The van der Waals surface area contributed by atoms with E-state index in [0.29, 0.717) is 22.7 Å². The van der Waals surface area contributed by atoms with Crippen LogP contribution in [-0.4, -0.2) is 30.8 Å². The number of benzene rings is 2. The molecular weight excluding hydrogens is 344 g/mol. The number of carbonyl (C=O) groups excluding carboxylic acids is 1. The summed E-state index contributed by atoms with van der Waals surface area (Å²) in [6, 6.07) is 9.98.